The standard InChI is InChI=1S/C12H24N2O/c1-10(2)12(15)14(9-5-8-13)11-6-3-4-7-11/h10-11H,3-9,13H2,1-2H3. The van der Waals surface area contributed by atoms with Crippen LogP contribution < -0.4 is 5.73 Å². The molecule has 1 fully saturated rings. The molecule has 0 aliphatic heterocycles. The van der Waals surface area contributed by atoms with Crippen molar-refractivity contribution in [1.29, 1.82) is 0 Å². The van der Waals surface area contributed by atoms with Crippen LogP contribution in [0.3, 0.4) is 0 Å². The van der Waals surface area contributed by atoms with Crippen LogP contribution in [0.15, 0.2) is 0 Å². The molecule has 1 amide bonds. The second kappa shape index (κ2) is 6.11. The van der Waals surface area contributed by atoms with Gasteiger partial charge < -0.3 is 10.6 Å². The van der Waals surface area contributed by atoms with Gasteiger partial charge in [0, 0.05) is 18.5 Å². The molecule has 0 atom stereocenters. The lowest BCUT2D eigenvalue weighted by molar-refractivity contribution is -0.136. The number of hydrogen-bond acceptors (Lipinski definition) is 2. The number of nitrogens with zero attached hydrogens (tertiary/aromatic N) is 1. The fourth-order valence-corrected chi connectivity index (χ4v) is 2.28. The highest BCUT2D eigenvalue weighted by atomic mass is 16.2. The van der Waals surface area contributed by atoms with Crippen molar-refractivity contribution in [1.82, 2.24) is 4.90 Å². The highest BCUT2D eigenvalue weighted by molar-refractivity contribution is 5.78. The Kier molecular flexibility index (Phi) is 5.09. The van der Waals surface area contributed by atoms with Crippen molar-refractivity contribution in [2.24, 2.45) is 11.7 Å². The van der Waals surface area contributed by atoms with E-state index < -0.39 is 0 Å². The van der Waals surface area contributed by atoms with Gasteiger partial charge in [0.15, 0.2) is 0 Å². The lowest BCUT2D eigenvalue weighted by atomic mass is 10.1. The summed E-state index contributed by atoms with van der Waals surface area (Å²) in [5.41, 5.74) is 5.51. The fourth-order valence-electron chi connectivity index (χ4n) is 2.28. The van der Waals surface area contributed by atoms with Crippen LogP contribution >= 0.6 is 0 Å². The molecule has 0 aromatic rings. The molecule has 0 aromatic carbocycles. The largest absolute Gasteiger partial charge is 0.339 e. The molecule has 0 spiro atoms. The first kappa shape index (κ1) is 12.5. The third-order valence-corrected chi connectivity index (χ3v) is 3.15. The van der Waals surface area contributed by atoms with Crippen molar-refractivity contribution in [3.05, 3.63) is 0 Å². The van der Waals surface area contributed by atoms with Gasteiger partial charge in [-0.15, -0.1) is 0 Å². The van der Waals surface area contributed by atoms with Crippen LogP contribution in [0.1, 0.15) is 46.0 Å². The Balaban J connectivity index is 2.54. The Morgan fingerprint density at radius 3 is 2.47 bits per heavy atom. The number of nitrogens with two attached hydrogens (primary N) is 1. The molecule has 1 aliphatic carbocycles. The van der Waals surface area contributed by atoms with Crippen LogP contribution in [0.25, 0.3) is 0 Å². The van der Waals surface area contributed by atoms with E-state index in [0.717, 1.165) is 13.0 Å². The first-order chi connectivity index (χ1) is 7.16. The molecule has 15 heavy (non-hydrogen) atoms. The van der Waals surface area contributed by atoms with Crippen molar-refractivity contribution in [2.45, 2.75) is 52.0 Å². The highest BCUT2D eigenvalue weighted by Crippen LogP contribution is 2.24. The minimum atomic E-state index is 0.114. The number of hydrogen-bond donors (Lipinski definition) is 1. The lowest BCUT2D eigenvalue weighted by Crippen LogP contribution is -2.42. The van der Waals surface area contributed by atoms with Gasteiger partial charge >= 0.3 is 0 Å². The summed E-state index contributed by atoms with van der Waals surface area (Å²) >= 11 is 0. The van der Waals surface area contributed by atoms with E-state index in [1.54, 1.807) is 0 Å². The normalized spacial score (nSPS) is 17.3. The van der Waals surface area contributed by atoms with Gasteiger partial charge in [-0.25, -0.2) is 0 Å². The molecule has 3 nitrogen and oxygen atoms in total. The van der Waals surface area contributed by atoms with Crippen LogP contribution in [0, 0.1) is 5.92 Å². The Bertz CT molecular complexity index is 198. The summed E-state index contributed by atoms with van der Waals surface area (Å²) in [6.07, 6.45) is 5.84. The zero-order valence-electron chi connectivity index (χ0n) is 10.0. The Morgan fingerprint density at radius 2 is 2.00 bits per heavy atom. The van der Waals surface area contributed by atoms with Crippen molar-refractivity contribution < 1.29 is 4.79 Å². The molecular weight excluding hydrogens is 188 g/mol. The third kappa shape index (κ3) is 3.49. The minimum Gasteiger partial charge on any atom is -0.339 e. The van der Waals surface area contributed by atoms with Crippen molar-refractivity contribution >= 4 is 5.91 Å². The molecule has 2 N–H and O–H groups in total. The molecule has 0 heterocycles. The van der Waals surface area contributed by atoms with Gasteiger partial charge in [-0.05, 0) is 25.8 Å². The maximum Gasteiger partial charge on any atom is 0.225 e. The molecule has 0 radical (unpaired) electrons. The van der Waals surface area contributed by atoms with E-state index in [-0.39, 0.29) is 5.92 Å². The SMILES string of the molecule is CC(C)C(=O)N(CCCN)C1CCCC1. The minimum absolute atomic E-state index is 0.114. The van der Waals surface area contributed by atoms with Gasteiger partial charge in [-0.2, -0.15) is 0 Å². The second-order valence-electron chi connectivity index (χ2n) is 4.77. The zero-order valence-corrected chi connectivity index (χ0v) is 10.0. The van der Waals surface area contributed by atoms with Crippen LogP contribution in [-0.4, -0.2) is 29.9 Å². The van der Waals surface area contributed by atoms with Gasteiger partial charge in [-0.1, -0.05) is 26.7 Å². The van der Waals surface area contributed by atoms with Gasteiger partial charge in [0.1, 0.15) is 0 Å². The molecule has 0 aromatic heterocycles. The molecule has 1 rings (SSSR count). The molecule has 3 heteroatoms. The number of carbonyl (C=O) groups excluding carboxylic acids is 1. The number of rotatable bonds is 5. The number of carbonyl (C=O) groups is 1. The molecule has 88 valence electrons. The molecule has 0 bridgehead atoms. The Hall–Kier alpha value is -0.570. The van der Waals surface area contributed by atoms with Crippen molar-refractivity contribution in [3.63, 3.8) is 0 Å². The van der Waals surface area contributed by atoms with E-state index in [1.165, 1.54) is 25.7 Å². The van der Waals surface area contributed by atoms with E-state index in [2.05, 4.69) is 4.90 Å². The second-order valence-corrected chi connectivity index (χ2v) is 4.77. The van der Waals surface area contributed by atoms with Crippen LogP contribution in [-0.2, 0) is 4.79 Å². The van der Waals surface area contributed by atoms with Gasteiger partial charge in [0.25, 0.3) is 0 Å². The Labute approximate surface area is 93.0 Å². The maximum atomic E-state index is 12.0. The van der Waals surface area contributed by atoms with Crippen LogP contribution in [0.2, 0.25) is 0 Å². The summed E-state index contributed by atoms with van der Waals surface area (Å²) in [6, 6.07) is 0.492. The topological polar surface area (TPSA) is 46.3 Å². The summed E-state index contributed by atoms with van der Waals surface area (Å²) in [7, 11) is 0. The van der Waals surface area contributed by atoms with Crippen LogP contribution in [0.4, 0.5) is 0 Å². The van der Waals surface area contributed by atoms with Crippen LogP contribution in [0.5, 0.6) is 0 Å². The van der Waals surface area contributed by atoms with Gasteiger partial charge in [0.05, 0.1) is 0 Å². The summed E-state index contributed by atoms with van der Waals surface area (Å²) in [5.74, 6) is 0.415. The monoisotopic (exact) mass is 212 g/mol. The van der Waals surface area contributed by atoms with E-state index in [9.17, 15) is 4.79 Å². The molecule has 0 unspecified atom stereocenters. The van der Waals surface area contributed by atoms with Gasteiger partial charge in [-0.3, -0.25) is 4.79 Å². The molecule has 1 saturated carbocycles. The third-order valence-electron chi connectivity index (χ3n) is 3.15. The molecular formula is C12H24N2O. The average Bonchev–Trinajstić information content (AvgIpc) is 2.71. The predicted molar refractivity (Wildman–Crippen MR) is 62.5 cm³/mol. The van der Waals surface area contributed by atoms with E-state index in [4.69, 9.17) is 5.73 Å². The van der Waals surface area contributed by atoms with Gasteiger partial charge in [0.2, 0.25) is 5.91 Å². The average molecular weight is 212 g/mol. The van der Waals surface area contributed by atoms with Crippen molar-refractivity contribution in [3.8, 4) is 0 Å². The smallest absolute Gasteiger partial charge is 0.225 e. The fraction of sp³-hybridized carbons (Fsp3) is 0.917. The highest BCUT2D eigenvalue weighted by Gasteiger charge is 2.27. The maximum absolute atomic E-state index is 12.0. The summed E-state index contributed by atoms with van der Waals surface area (Å²) < 4.78 is 0. The van der Waals surface area contributed by atoms with E-state index >= 15 is 0 Å². The zero-order chi connectivity index (χ0) is 11.3. The summed E-state index contributed by atoms with van der Waals surface area (Å²) in [6.45, 7) is 5.48. The first-order valence-electron chi connectivity index (χ1n) is 6.17. The quantitative estimate of drug-likeness (QED) is 0.755. The lowest BCUT2D eigenvalue weighted by Gasteiger charge is -2.30. The predicted octanol–water partition coefficient (Wildman–Crippen LogP) is 1.76. The first-order valence-corrected chi connectivity index (χ1v) is 6.17. The Morgan fingerprint density at radius 1 is 1.40 bits per heavy atom. The number of amides is 1. The summed E-state index contributed by atoms with van der Waals surface area (Å²) in [5, 5.41) is 0. The molecule has 0 saturated heterocycles. The van der Waals surface area contributed by atoms with Crippen molar-refractivity contribution in [2.75, 3.05) is 13.1 Å². The van der Waals surface area contributed by atoms with E-state index in [0.29, 0.717) is 18.5 Å². The van der Waals surface area contributed by atoms with E-state index in [1.807, 2.05) is 13.8 Å². The molecule has 1 aliphatic rings. The summed E-state index contributed by atoms with van der Waals surface area (Å²) in [4.78, 5) is 14.1.